The van der Waals surface area contributed by atoms with Crippen LogP contribution >= 0.6 is 15.9 Å². The van der Waals surface area contributed by atoms with E-state index in [1.807, 2.05) is 50.2 Å². The predicted molar refractivity (Wildman–Crippen MR) is 207 cm³/mol. The quantitative estimate of drug-likeness (QED) is 0.119. The zero-order valence-electron chi connectivity index (χ0n) is 30.5. The maximum absolute atomic E-state index is 14.7. The van der Waals surface area contributed by atoms with E-state index in [2.05, 4.69) is 54.4 Å². The molecule has 2 fully saturated rings. The van der Waals surface area contributed by atoms with Crippen molar-refractivity contribution < 1.29 is 19.1 Å². The first-order valence-electron chi connectivity index (χ1n) is 18.4. The standard InChI is InChI=1S/C41H41BrN8O4/c1-24-14-15-34(42)46-39(24)47-40(53)32-18-41-19-33(41)50(32)36(52)22-49-38-27(10-7-5-4-6-8-11-30-12-9-13-35(45-30)54-23-41)16-28(29-20-43-26(3)44-21-29)17-31(38)37(48-49)25(2)51/h6,8-9,12-17,20-21,32-33H,4-5,7,10-11,18-19,22-23H2,1-3H3,(H,46,47,53)/b8-6+/t32-,33+,41-/m0/s1. The molecule has 0 unspecified atom stereocenters. The lowest BCUT2D eigenvalue weighted by atomic mass is 9.97. The highest BCUT2D eigenvalue weighted by atomic mass is 79.9. The Labute approximate surface area is 321 Å². The van der Waals surface area contributed by atoms with E-state index < -0.39 is 11.5 Å². The first-order chi connectivity index (χ1) is 26.1. The number of carbonyl (C=O) groups excluding carboxylic acids is 3. The number of piperidine rings is 1. The Morgan fingerprint density at radius 2 is 1.83 bits per heavy atom. The molecular formula is C41H41BrN8O4. The summed E-state index contributed by atoms with van der Waals surface area (Å²) in [7, 11) is 0. The van der Waals surface area contributed by atoms with Gasteiger partial charge in [-0.25, -0.2) is 19.9 Å². The van der Waals surface area contributed by atoms with E-state index in [0.717, 1.165) is 52.7 Å². The molecule has 1 aliphatic carbocycles. The molecule has 276 valence electrons. The average molecular weight is 790 g/mol. The van der Waals surface area contributed by atoms with Gasteiger partial charge < -0.3 is 15.0 Å². The number of anilines is 1. The van der Waals surface area contributed by atoms with E-state index in [1.165, 1.54) is 6.92 Å². The number of nitrogens with one attached hydrogen (secondary N) is 1. The highest BCUT2D eigenvalue weighted by Crippen LogP contribution is 2.60. The van der Waals surface area contributed by atoms with Crippen molar-refractivity contribution in [2.75, 3.05) is 11.9 Å². The van der Waals surface area contributed by atoms with E-state index in [9.17, 15) is 14.4 Å². The molecule has 54 heavy (non-hydrogen) atoms. The lowest BCUT2D eigenvalue weighted by Gasteiger charge is -2.27. The third-order valence-corrected chi connectivity index (χ3v) is 11.3. The summed E-state index contributed by atoms with van der Waals surface area (Å²) in [5.41, 5.74) is 5.04. The van der Waals surface area contributed by atoms with E-state index in [4.69, 9.17) is 14.8 Å². The summed E-state index contributed by atoms with van der Waals surface area (Å²) in [6, 6.07) is 12.6. The molecular weight excluding hydrogens is 748 g/mol. The molecule has 1 saturated carbocycles. The minimum absolute atomic E-state index is 0.137. The van der Waals surface area contributed by atoms with Crippen molar-refractivity contribution in [1.29, 1.82) is 0 Å². The summed E-state index contributed by atoms with van der Waals surface area (Å²) in [6.45, 7) is 5.40. The number of aryl methyl sites for hydroxylation is 3. The molecule has 8 rings (SSSR count). The average Bonchev–Trinajstić information content (AvgIpc) is 3.56. The van der Waals surface area contributed by atoms with E-state index in [-0.39, 0.29) is 30.2 Å². The second-order valence-corrected chi connectivity index (χ2v) is 15.5. The molecule has 2 amide bonds. The van der Waals surface area contributed by atoms with E-state index in [1.54, 1.807) is 22.0 Å². The number of fused-ring (bicyclic) bond motifs is 2. The van der Waals surface area contributed by atoms with Crippen LogP contribution in [-0.4, -0.2) is 70.9 Å². The molecule has 3 aliphatic rings. The Hall–Kier alpha value is -5.30. The predicted octanol–water partition coefficient (Wildman–Crippen LogP) is 6.77. The van der Waals surface area contributed by atoms with Crippen molar-refractivity contribution in [3.63, 3.8) is 0 Å². The van der Waals surface area contributed by atoms with Crippen LogP contribution < -0.4 is 10.1 Å². The molecule has 0 radical (unpaired) electrons. The highest BCUT2D eigenvalue weighted by Gasteiger charge is 2.67. The van der Waals surface area contributed by atoms with Gasteiger partial charge in [0, 0.05) is 59.9 Å². The molecule has 4 bridgehead atoms. The maximum atomic E-state index is 14.7. The Morgan fingerprint density at radius 3 is 2.65 bits per heavy atom. The number of Topliss-reactive ketones (excluding diaryl/α,β-unsaturated/α-hetero) is 1. The number of hydrogen-bond donors (Lipinski definition) is 1. The van der Waals surface area contributed by atoms with Gasteiger partial charge in [-0.3, -0.25) is 19.1 Å². The summed E-state index contributed by atoms with van der Waals surface area (Å²) in [6.07, 6.45) is 13.2. The molecule has 3 atom stereocenters. The molecule has 4 aromatic heterocycles. The van der Waals surface area contributed by atoms with Gasteiger partial charge in [0.25, 0.3) is 0 Å². The topological polar surface area (TPSA) is 145 Å². The van der Waals surface area contributed by atoms with Gasteiger partial charge in [0.15, 0.2) is 5.78 Å². The molecule has 0 spiro atoms. The molecule has 5 aromatic rings. The van der Waals surface area contributed by atoms with Crippen molar-refractivity contribution in [3.05, 3.63) is 100.0 Å². The number of ether oxygens (including phenoxy) is 1. The van der Waals surface area contributed by atoms with Gasteiger partial charge in [-0.05, 0) is 109 Å². The Bertz CT molecular complexity index is 2320. The van der Waals surface area contributed by atoms with Crippen molar-refractivity contribution in [3.8, 4) is 17.0 Å². The molecule has 6 heterocycles. The van der Waals surface area contributed by atoms with Crippen LogP contribution in [0.15, 0.2) is 71.6 Å². The Balaban J connectivity index is 1.20. The van der Waals surface area contributed by atoms with Crippen molar-refractivity contribution in [2.45, 2.75) is 84.3 Å². The number of ketones is 1. The van der Waals surface area contributed by atoms with Crippen LogP contribution in [0.3, 0.4) is 0 Å². The number of amides is 2. The summed E-state index contributed by atoms with van der Waals surface area (Å²) in [5.74, 6) is 0.870. The summed E-state index contributed by atoms with van der Waals surface area (Å²) < 4.78 is 8.57. The molecule has 12 nitrogen and oxygen atoms in total. The first kappa shape index (κ1) is 35.7. The van der Waals surface area contributed by atoms with E-state index in [0.29, 0.717) is 65.5 Å². The third kappa shape index (κ3) is 7.04. The first-order valence-corrected chi connectivity index (χ1v) is 19.2. The van der Waals surface area contributed by atoms with Crippen LogP contribution in [0, 0.1) is 19.3 Å². The fraction of sp³-hybridized carbons (Fsp3) is 0.366. The number of benzene rings is 1. The highest BCUT2D eigenvalue weighted by molar-refractivity contribution is 9.10. The Morgan fingerprint density at radius 1 is 1.00 bits per heavy atom. The number of allylic oxidation sites excluding steroid dienone is 2. The monoisotopic (exact) mass is 788 g/mol. The fourth-order valence-electron chi connectivity index (χ4n) is 7.91. The molecule has 1 aromatic carbocycles. The number of nitrogens with zero attached hydrogens (tertiary/aromatic N) is 7. The van der Waals surface area contributed by atoms with Crippen LogP contribution in [0.5, 0.6) is 5.88 Å². The van der Waals surface area contributed by atoms with Gasteiger partial charge in [0.2, 0.25) is 17.7 Å². The molecule has 1 saturated heterocycles. The third-order valence-electron chi connectivity index (χ3n) is 10.8. The smallest absolute Gasteiger partial charge is 0.248 e. The SMILES string of the molecule is CC(=O)c1nn2c3c(cc(-c4cnc(C)nc4)cc13)CCCC/C=C/Cc1cccc(n1)OC[C@@]13C[C@@H](C(=O)Nc4nc(Br)ccc4C)N(C(=O)C2)[C@@H]1C3. The largest absolute Gasteiger partial charge is 0.477 e. The van der Waals surface area contributed by atoms with Gasteiger partial charge in [-0.1, -0.05) is 24.3 Å². The zero-order chi connectivity index (χ0) is 37.6. The fourth-order valence-corrected chi connectivity index (χ4v) is 8.22. The van der Waals surface area contributed by atoms with Crippen LogP contribution in [0.4, 0.5) is 5.82 Å². The van der Waals surface area contributed by atoms with Gasteiger partial charge in [0.1, 0.15) is 34.5 Å². The van der Waals surface area contributed by atoms with Gasteiger partial charge in [0.05, 0.1) is 12.1 Å². The molecule has 13 heteroatoms. The van der Waals surface area contributed by atoms with Gasteiger partial charge in [-0.2, -0.15) is 5.10 Å². The van der Waals surface area contributed by atoms with Crippen LogP contribution in [-0.2, 0) is 29.0 Å². The number of carbonyl (C=O) groups is 3. The second-order valence-electron chi connectivity index (χ2n) is 14.7. The van der Waals surface area contributed by atoms with E-state index >= 15 is 0 Å². The van der Waals surface area contributed by atoms with Gasteiger partial charge in [-0.15, -0.1) is 0 Å². The maximum Gasteiger partial charge on any atom is 0.248 e. The number of pyridine rings is 2. The van der Waals surface area contributed by atoms with Crippen LogP contribution in [0.2, 0.25) is 0 Å². The number of rotatable bonds is 4. The summed E-state index contributed by atoms with van der Waals surface area (Å²) in [4.78, 5) is 61.7. The zero-order valence-corrected chi connectivity index (χ0v) is 32.1. The summed E-state index contributed by atoms with van der Waals surface area (Å²) >= 11 is 3.41. The lowest BCUT2D eigenvalue weighted by molar-refractivity contribution is -0.138. The van der Waals surface area contributed by atoms with Crippen molar-refractivity contribution in [1.82, 2.24) is 34.6 Å². The van der Waals surface area contributed by atoms with Gasteiger partial charge >= 0.3 is 0 Å². The van der Waals surface area contributed by atoms with Crippen molar-refractivity contribution >= 4 is 50.2 Å². The van der Waals surface area contributed by atoms with Crippen LogP contribution in [0.1, 0.15) is 72.2 Å². The number of aromatic nitrogens is 6. The van der Waals surface area contributed by atoms with Crippen LogP contribution in [0.25, 0.3) is 22.0 Å². The second kappa shape index (κ2) is 14.5. The molecule has 2 aliphatic heterocycles. The number of halogens is 1. The molecule has 1 N–H and O–H groups in total. The van der Waals surface area contributed by atoms with Crippen molar-refractivity contribution in [2.24, 2.45) is 5.41 Å². The number of hydrogen-bond acceptors (Lipinski definition) is 9. The minimum Gasteiger partial charge on any atom is -0.477 e. The lowest BCUT2D eigenvalue weighted by Crippen LogP contribution is -2.47. The Kier molecular flexibility index (Phi) is 9.59. The normalized spacial score (nSPS) is 21.9. The summed E-state index contributed by atoms with van der Waals surface area (Å²) in [5, 5.41) is 8.47. The minimum atomic E-state index is -0.764.